The van der Waals surface area contributed by atoms with Crippen molar-refractivity contribution in [1.29, 1.82) is 0 Å². The summed E-state index contributed by atoms with van der Waals surface area (Å²) in [6, 6.07) is 15.8. The molecule has 1 heterocycles. The van der Waals surface area contributed by atoms with Crippen molar-refractivity contribution >= 4 is 10.0 Å². The molecule has 1 aliphatic heterocycles. The highest BCUT2D eigenvalue weighted by molar-refractivity contribution is 7.89. The molecular formula is C19H25N2O2S+. The van der Waals surface area contributed by atoms with E-state index in [4.69, 9.17) is 0 Å². The van der Waals surface area contributed by atoms with Gasteiger partial charge in [0.15, 0.2) is 0 Å². The van der Waals surface area contributed by atoms with E-state index in [1.807, 2.05) is 26.0 Å². The van der Waals surface area contributed by atoms with Crippen LogP contribution in [0.25, 0.3) is 0 Å². The quantitative estimate of drug-likeness (QED) is 0.910. The van der Waals surface area contributed by atoms with E-state index < -0.39 is 10.0 Å². The average molecular weight is 345 g/mol. The van der Waals surface area contributed by atoms with Crippen LogP contribution in [0.4, 0.5) is 0 Å². The zero-order valence-corrected chi connectivity index (χ0v) is 15.1. The van der Waals surface area contributed by atoms with E-state index in [0.29, 0.717) is 18.0 Å². The molecule has 0 bridgehead atoms. The third kappa shape index (κ3) is 3.69. The van der Waals surface area contributed by atoms with E-state index in [9.17, 15) is 8.42 Å². The van der Waals surface area contributed by atoms with Crippen LogP contribution in [0, 0.1) is 13.8 Å². The van der Waals surface area contributed by atoms with E-state index in [1.165, 1.54) is 10.5 Å². The van der Waals surface area contributed by atoms with Gasteiger partial charge in [0, 0.05) is 5.56 Å². The lowest BCUT2D eigenvalue weighted by Gasteiger charge is -2.31. The number of nitrogens with one attached hydrogen (secondary N) is 1. The van der Waals surface area contributed by atoms with Crippen molar-refractivity contribution in [3.05, 3.63) is 65.2 Å². The highest BCUT2D eigenvalue weighted by Crippen LogP contribution is 2.19. The molecule has 3 rings (SSSR count). The molecule has 5 heteroatoms. The molecule has 128 valence electrons. The number of nitrogens with zero attached hydrogens (tertiary/aromatic N) is 1. The fraction of sp³-hybridized carbons (Fsp3) is 0.368. The molecule has 2 aromatic carbocycles. The molecule has 0 aromatic heterocycles. The molecular weight excluding hydrogens is 320 g/mol. The van der Waals surface area contributed by atoms with Gasteiger partial charge in [0.25, 0.3) is 0 Å². The SMILES string of the molecule is Cc1ccc(S(=O)(=O)N2CC[NH+](Cc3ccccc3)CC2)cc1C. The molecule has 0 saturated carbocycles. The molecule has 4 nitrogen and oxygen atoms in total. The lowest BCUT2D eigenvalue weighted by atomic mass is 10.1. The summed E-state index contributed by atoms with van der Waals surface area (Å²) in [7, 11) is -3.38. The van der Waals surface area contributed by atoms with Crippen LogP contribution in [0.5, 0.6) is 0 Å². The van der Waals surface area contributed by atoms with Gasteiger partial charge in [0.05, 0.1) is 31.1 Å². The lowest BCUT2D eigenvalue weighted by molar-refractivity contribution is -0.917. The Morgan fingerprint density at radius 2 is 1.62 bits per heavy atom. The maximum Gasteiger partial charge on any atom is 0.243 e. The van der Waals surface area contributed by atoms with Crippen molar-refractivity contribution in [3.8, 4) is 0 Å². The van der Waals surface area contributed by atoms with Crippen molar-refractivity contribution in [2.45, 2.75) is 25.3 Å². The first-order chi connectivity index (χ1) is 11.5. The van der Waals surface area contributed by atoms with Gasteiger partial charge in [-0.15, -0.1) is 0 Å². The normalized spacial score (nSPS) is 17.1. The highest BCUT2D eigenvalue weighted by atomic mass is 32.2. The molecule has 2 aromatic rings. The van der Waals surface area contributed by atoms with Gasteiger partial charge in [0.1, 0.15) is 6.54 Å². The highest BCUT2D eigenvalue weighted by Gasteiger charge is 2.30. The number of sulfonamides is 1. The summed E-state index contributed by atoms with van der Waals surface area (Å²) in [6.07, 6.45) is 0. The fourth-order valence-corrected chi connectivity index (χ4v) is 4.65. The standard InChI is InChI=1S/C19H24N2O2S/c1-16-8-9-19(14-17(16)2)24(22,23)21-12-10-20(11-13-21)15-18-6-4-3-5-7-18/h3-9,14H,10-13,15H2,1-2H3/p+1. The molecule has 0 radical (unpaired) electrons. The van der Waals surface area contributed by atoms with Crippen LogP contribution in [0.2, 0.25) is 0 Å². The Balaban J connectivity index is 1.66. The summed E-state index contributed by atoms with van der Waals surface area (Å²) >= 11 is 0. The molecule has 1 N–H and O–H groups in total. The first-order valence-electron chi connectivity index (χ1n) is 8.42. The van der Waals surface area contributed by atoms with Gasteiger partial charge in [-0.2, -0.15) is 4.31 Å². The van der Waals surface area contributed by atoms with Crippen LogP contribution in [0.15, 0.2) is 53.4 Å². The van der Waals surface area contributed by atoms with Gasteiger partial charge >= 0.3 is 0 Å². The number of piperazine rings is 1. The molecule has 1 fully saturated rings. The Morgan fingerprint density at radius 3 is 2.25 bits per heavy atom. The van der Waals surface area contributed by atoms with E-state index in [1.54, 1.807) is 16.4 Å². The largest absolute Gasteiger partial charge is 0.329 e. The van der Waals surface area contributed by atoms with Crippen molar-refractivity contribution in [1.82, 2.24) is 4.31 Å². The van der Waals surface area contributed by atoms with Crippen molar-refractivity contribution in [2.75, 3.05) is 26.2 Å². The van der Waals surface area contributed by atoms with Crippen LogP contribution >= 0.6 is 0 Å². The van der Waals surface area contributed by atoms with Gasteiger partial charge < -0.3 is 4.90 Å². The first kappa shape index (κ1) is 17.1. The predicted molar refractivity (Wildman–Crippen MR) is 95.5 cm³/mol. The van der Waals surface area contributed by atoms with Crippen molar-refractivity contribution in [2.24, 2.45) is 0 Å². The minimum Gasteiger partial charge on any atom is -0.329 e. The summed E-state index contributed by atoms with van der Waals surface area (Å²) in [5.74, 6) is 0. The van der Waals surface area contributed by atoms with Crippen LogP contribution in [-0.4, -0.2) is 38.9 Å². The molecule has 24 heavy (non-hydrogen) atoms. The molecule has 0 aliphatic carbocycles. The van der Waals surface area contributed by atoms with Gasteiger partial charge in [-0.1, -0.05) is 36.4 Å². The Kier molecular flexibility index (Phi) is 5.04. The summed E-state index contributed by atoms with van der Waals surface area (Å²) < 4.78 is 27.3. The maximum atomic E-state index is 12.8. The Morgan fingerprint density at radius 1 is 0.958 bits per heavy atom. The van der Waals surface area contributed by atoms with E-state index in [0.717, 1.165) is 30.8 Å². The van der Waals surface area contributed by atoms with E-state index in [-0.39, 0.29) is 0 Å². The van der Waals surface area contributed by atoms with Crippen molar-refractivity contribution < 1.29 is 13.3 Å². The van der Waals surface area contributed by atoms with Crippen LogP contribution in [0.1, 0.15) is 16.7 Å². The number of quaternary nitrogens is 1. The number of hydrogen-bond acceptors (Lipinski definition) is 2. The summed E-state index contributed by atoms with van der Waals surface area (Å²) in [4.78, 5) is 1.85. The molecule has 0 atom stereocenters. The monoisotopic (exact) mass is 345 g/mol. The number of rotatable bonds is 4. The summed E-state index contributed by atoms with van der Waals surface area (Å²) in [5, 5.41) is 0. The van der Waals surface area contributed by atoms with Gasteiger partial charge in [-0.05, 0) is 37.1 Å². The summed E-state index contributed by atoms with van der Waals surface area (Å²) in [6.45, 7) is 7.76. The second-order valence-electron chi connectivity index (χ2n) is 6.56. The molecule has 0 unspecified atom stereocenters. The smallest absolute Gasteiger partial charge is 0.243 e. The first-order valence-corrected chi connectivity index (χ1v) is 9.86. The van der Waals surface area contributed by atoms with Gasteiger partial charge in [-0.25, -0.2) is 8.42 Å². The maximum absolute atomic E-state index is 12.8. The third-order valence-corrected chi connectivity index (χ3v) is 6.74. The Bertz CT molecular complexity index is 795. The molecule has 1 aliphatic rings. The zero-order valence-electron chi connectivity index (χ0n) is 14.3. The Hall–Kier alpha value is -1.69. The van der Waals surface area contributed by atoms with Gasteiger partial charge in [-0.3, -0.25) is 0 Å². The van der Waals surface area contributed by atoms with E-state index >= 15 is 0 Å². The second-order valence-corrected chi connectivity index (χ2v) is 8.50. The van der Waals surface area contributed by atoms with E-state index in [2.05, 4.69) is 24.3 Å². The summed E-state index contributed by atoms with van der Waals surface area (Å²) in [5.41, 5.74) is 3.44. The Labute approximate surface area is 144 Å². The minimum atomic E-state index is -3.38. The predicted octanol–water partition coefficient (Wildman–Crippen LogP) is 1.39. The molecule has 0 spiro atoms. The lowest BCUT2D eigenvalue weighted by Crippen LogP contribution is -3.13. The average Bonchev–Trinajstić information content (AvgIpc) is 2.58. The van der Waals surface area contributed by atoms with Crippen LogP contribution in [-0.2, 0) is 16.6 Å². The number of aryl methyl sites for hydroxylation is 2. The van der Waals surface area contributed by atoms with Gasteiger partial charge in [0.2, 0.25) is 10.0 Å². The molecule has 0 amide bonds. The van der Waals surface area contributed by atoms with Crippen LogP contribution < -0.4 is 4.90 Å². The number of hydrogen-bond donors (Lipinski definition) is 1. The van der Waals surface area contributed by atoms with Crippen LogP contribution in [0.3, 0.4) is 0 Å². The topological polar surface area (TPSA) is 41.8 Å². The fourth-order valence-electron chi connectivity index (χ4n) is 3.13. The third-order valence-electron chi connectivity index (χ3n) is 4.84. The van der Waals surface area contributed by atoms with Crippen molar-refractivity contribution in [3.63, 3.8) is 0 Å². The number of benzene rings is 2. The minimum absolute atomic E-state index is 0.414. The molecule has 1 saturated heterocycles. The second kappa shape index (κ2) is 7.05. The zero-order chi connectivity index (χ0) is 17.2.